The molecule has 1 aromatic heterocycles. The highest BCUT2D eigenvalue weighted by molar-refractivity contribution is 7.98. The van der Waals surface area contributed by atoms with Crippen molar-refractivity contribution in [2.24, 2.45) is 0 Å². The number of rotatable bonds is 9. The molecule has 11 heteroatoms. The Morgan fingerprint density at radius 3 is 2.52 bits per heavy atom. The quantitative estimate of drug-likeness (QED) is 0.182. The summed E-state index contributed by atoms with van der Waals surface area (Å²) in [6.07, 6.45) is 4.23. The number of carbonyl (C=O) groups excluding carboxylic acids is 3. The number of ether oxygens (including phenoxy) is 1. The number of nitrogens with one attached hydrogen (secondary N) is 1. The normalized spacial score (nSPS) is 19.5. The zero-order chi connectivity index (χ0) is 30.3. The van der Waals surface area contributed by atoms with Crippen LogP contribution in [0.1, 0.15) is 72.0 Å². The van der Waals surface area contributed by atoms with Crippen LogP contribution in [0.5, 0.6) is 17.2 Å². The van der Waals surface area contributed by atoms with E-state index in [9.17, 15) is 24.6 Å². The number of hydrogen-bond donors (Lipinski definition) is 3. The Balaban J connectivity index is 1.52. The molecule has 0 saturated heterocycles. The molecule has 1 aliphatic heterocycles. The maximum atomic E-state index is 14.2. The van der Waals surface area contributed by atoms with Gasteiger partial charge in [0, 0.05) is 23.8 Å². The highest BCUT2D eigenvalue weighted by Crippen LogP contribution is 2.57. The van der Waals surface area contributed by atoms with Crippen molar-refractivity contribution in [1.29, 1.82) is 0 Å². The van der Waals surface area contributed by atoms with Gasteiger partial charge in [-0.2, -0.15) is 16.7 Å². The number of aromatic hydroxyl groups is 2. The van der Waals surface area contributed by atoms with Crippen molar-refractivity contribution in [3.63, 3.8) is 0 Å². The third-order valence-corrected chi connectivity index (χ3v) is 8.39. The van der Waals surface area contributed by atoms with E-state index in [-0.39, 0.29) is 39.5 Å². The number of nitrogens with zero attached hydrogens (tertiary/aromatic N) is 2. The molecule has 1 aliphatic carbocycles. The number of phenolic OH excluding ortho intramolecular Hbond substituents is 2. The van der Waals surface area contributed by atoms with E-state index in [2.05, 4.69) is 15.5 Å². The monoisotopic (exact) mass is 589 g/mol. The molecule has 218 valence electrons. The van der Waals surface area contributed by atoms with E-state index in [4.69, 9.17) is 9.26 Å². The van der Waals surface area contributed by atoms with E-state index in [0.717, 1.165) is 11.3 Å². The van der Waals surface area contributed by atoms with Crippen LogP contribution in [0.4, 0.5) is 0 Å². The maximum absolute atomic E-state index is 14.2. The van der Waals surface area contributed by atoms with E-state index in [1.807, 2.05) is 36.6 Å². The van der Waals surface area contributed by atoms with Gasteiger partial charge in [0.15, 0.2) is 23.2 Å². The van der Waals surface area contributed by atoms with Crippen LogP contribution >= 0.6 is 11.8 Å². The van der Waals surface area contributed by atoms with Gasteiger partial charge in [0.2, 0.25) is 5.89 Å². The molecule has 5 rings (SSSR count). The first-order chi connectivity index (χ1) is 20.0. The molecule has 3 aromatic rings. The number of benzene rings is 2. The number of aromatic nitrogens is 2. The number of thioether (sulfide) groups is 1. The number of hydrogen-bond acceptors (Lipinski definition) is 11. The molecule has 2 atom stereocenters. The van der Waals surface area contributed by atoms with Gasteiger partial charge in [0.25, 0.3) is 0 Å². The van der Waals surface area contributed by atoms with E-state index in [1.165, 1.54) is 26.8 Å². The van der Waals surface area contributed by atoms with Crippen LogP contribution in [0.2, 0.25) is 0 Å². The van der Waals surface area contributed by atoms with Gasteiger partial charge in [-0.1, -0.05) is 35.5 Å². The second kappa shape index (κ2) is 11.1. The third kappa shape index (κ3) is 4.77. The molecule has 0 spiro atoms. The van der Waals surface area contributed by atoms with Crippen molar-refractivity contribution in [2.75, 3.05) is 12.0 Å². The van der Waals surface area contributed by atoms with Gasteiger partial charge >= 0.3 is 0 Å². The Kier molecular flexibility index (Phi) is 7.72. The van der Waals surface area contributed by atoms with Crippen LogP contribution in [0.3, 0.4) is 0 Å². The number of Topliss-reactive ketones (excluding diaryl/α,β-unsaturated/α-hetero) is 2. The average Bonchev–Trinajstić information content (AvgIpc) is 3.53. The zero-order valence-corrected chi connectivity index (χ0v) is 24.7. The van der Waals surface area contributed by atoms with Crippen molar-refractivity contribution in [3.8, 4) is 17.2 Å². The van der Waals surface area contributed by atoms with Crippen molar-refractivity contribution >= 4 is 29.1 Å². The molecular formula is C31H31N3O7S. The maximum Gasteiger partial charge on any atom is 0.249 e. The average molecular weight is 590 g/mol. The molecule has 0 fully saturated rings. The first-order valence-corrected chi connectivity index (χ1v) is 14.8. The molecule has 0 amide bonds. The highest BCUT2D eigenvalue weighted by Gasteiger charge is 2.56. The van der Waals surface area contributed by atoms with Gasteiger partial charge in [-0.05, 0) is 51.7 Å². The Morgan fingerprint density at radius 2 is 1.86 bits per heavy atom. The Morgan fingerprint density at radius 1 is 1.14 bits per heavy atom. The fraction of sp³-hybridized carbons (Fsp3) is 0.323. The lowest BCUT2D eigenvalue weighted by atomic mass is 9.70. The summed E-state index contributed by atoms with van der Waals surface area (Å²) < 4.78 is 11.4. The minimum atomic E-state index is -1.60. The molecule has 2 unspecified atom stereocenters. The number of allylic oxidation sites excluding steroid dienone is 4. The number of carbonyl (C=O) groups is 3. The van der Waals surface area contributed by atoms with Gasteiger partial charge in [0.1, 0.15) is 40.0 Å². The fourth-order valence-electron chi connectivity index (χ4n) is 5.45. The van der Waals surface area contributed by atoms with Crippen molar-refractivity contribution in [3.05, 3.63) is 87.4 Å². The number of fused-ring (bicyclic) bond motifs is 3. The van der Waals surface area contributed by atoms with Crippen LogP contribution in [0.25, 0.3) is 0 Å². The molecule has 2 heterocycles. The van der Waals surface area contributed by atoms with Gasteiger partial charge in [-0.25, -0.2) is 0 Å². The topological polar surface area (TPSA) is 152 Å². The molecule has 0 saturated carbocycles. The number of ketones is 3. The molecule has 0 bridgehead atoms. The van der Waals surface area contributed by atoms with Crippen molar-refractivity contribution in [1.82, 2.24) is 15.5 Å². The van der Waals surface area contributed by atoms with Gasteiger partial charge in [-0.3, -0.25) is 14.4 Å². The smallest absolute Gasteiger partial charge is 0.249 e. The SMILES string of the molecule is CSCCC(NC(C)=C1C(=O)C=C2Oc3c(C(C)=O)c(O)c(C)c(O)c3C2(C)C1=O)c1nc(Cc2ccccc2)no1. The summed E-state index contributed by atoms with van der Waals surface area (Å²) in [5.74, 6) is -1.08. The van der Waals surface area contributed by atoms with Crippen LogP contribution in [-0.4, -0.2) is 49.7 Å². The second-order valence-corrected chi connectivity index (χ2v) is 11.6. The number of phenols is 2. The van der Waals surface area contributed by atoms with E-state index in [0.29, 0.717) is 30.3 Å². The third-order valence-electron chi connectivity index (χ3n) is 7.75. The second-order valence-electron chi connectivity index (χ2n) is 10.6. The first kappa shape index (κ1) is 29.1. The highest BCUT2D eigenvalue weighted by atomic mass is 32.2. The molecule has 0 radical (unpaired) electrons. The molecular weight excluding hydrogens is 558 g/mol. The summed E-state index contributed by atoms with van der Waals surface area (Å²) in [6.45, 7) is 5.85. The summed E-state index contributed by atoms with van der Waals surface area (Å²) in [7, 11) is 0. The molecule has 10 nitrogen and oxygen atoms in total. The zero-order valence-electron chi connectivity index (χ0n) is 23.9. The standard InChI is InChI=1S/C31H31N3O7S/c1-15-26(37)24(17(3)35)28-25(27(15)38)31(4)21(40-28)14-20(36)23(29(31)39)16(2)32-19(11-12-42-5)30-33-22(34-41-30)13-18-9-7-6-8-10-18/h6-10,14,19,32,37-38H,11-13H2,1-5H3. The van der Waals surface area contributed by atoms with E-state index < -0.39 is 34.6 Å². The molecule has 42 heavy (non-hydrogen) atoms. The summed E-state index contributed by atoms with van der Waals surface area (Å²) in [6, 6.07) is 9.27. The Bertz CT molecular complexity index is 1680. The summed E-state index contributed by atoms with van der Waals surface area (Å²) in [4.78, 5) is 44.5. The van der Waals surface area contributed by atoms with Gasteiger partial charge < -0.3 is 24.8 Å². The fourth-order valence-corrected chi connectivity index (χ4v) is 5.92. The van der Waals surface area contributed by atoms with Crippen molar-refractivity contribution < 1.29 is 33.9 Å². The lowest BCUT2D eigenvalue weighted by Gasteiger charge is -2.29. The minimum absolute atomic E-state index is 0.0201. The molecule has 3 N–H and O–H groups in total. The van der Waals surface area contributed by atoms with E-state index >= 15 is 0 Å². The summed E-state index contributed by atoms with van der Waals surface area (Å²) >= 11 is 1.63. The Hall–Kier alpha value is -4.38. The van der Waals surface area contributed by atoms with Crippen LogP contribution in [0.15, 0.2) is 58.0 Å². The van der Waals surface area contributed by atoms with Gasteiger partial charge in [0.05, 0.1) is 11.1 Å². The lowest BCUT2D eigenvalue weighted by molar-refractivity contribution is -0.123. The molecule has 2 aliphatic rings. The van der Waals surface area contributed by atoms with Gasteiger partial charge in [-0.15, -0.1) is 0 Å². The Labute approximate surface area is 246 Å². The lowest BCUT2D eigenvalue weighted by Crippen LogP contribution is -2.41. The minimum Gasteiger partial charge on any atom is -0.507 e. The van der Waals surface area contributed by atoms with Crippen LogP contribution in [-0.2, 0) is 21.4 Å². The van der Waals surface area contributed by atoms with E-state index in [1.54, 1.807) is 18.7 Å². The van der Waals surface area contributed by atoms with Crippen molar-refractivity contribution in [2.45, 2.75) is 52.0 Å². The largest absolute Gasteiger partial charge is 0.507 e. The molecule has 2 aromatic carbocycles. The predicted octanol–water partition coefficient (Wildman–Crippen LogP) is 4.63. The van der Waals surface area contributed by atoms with Crippen LogP contribution < -0.4 is 10.1 Å². The summed E-state index contributed by atoms with van der Waals surface area (Å²) in [5, 5.41) is 29.0. The summed E-state index contributed by atoms with van der Waals surface area (Å²) in [5.41, 5.74) is -0.470. The van der Waals surface area contributed by atoms with Crippen LogP contribution in [0, 0.1) is 6.92 Å². The first-order valence-electron chi connectivity index (χ1n) is 13.4. The predicted molar refractivity (Wildman–Crippen MR) is 156 cm³/mol.